The van der Waals surface area contributed by atoms with Gasteiger partial charge in [-0.15, -0.1) is 0 Å². The van der Waals surface area contributed by atoms with E-state index >= 15 is 0 Å². The van der Waals surface area contributed by atoms with Crippen LogP contribution in [-0.2, 0) is 6.42 Å². The van der Waals surface area contributed by atoms with Gasteiger partial charge in [0.15, 0.2) is 11.5 Å². The summed E-state index contributed by atoms with van der Waals surface area (Å²) in [5.74, 6) is 1.92. The summed E-state index contributed by atoms with van der Waals surface area (Å²) in [5, 5.41) is 6.91. The summed E-state index contributed by atoms with van der Waals surface area (Å²) in [4.78, 5) is 17.0. The number of nitrogens with zero attached hydrogens (tertiary/aromatic N) is 2. The van der Waals surface area contributed by atoms with Crippen molar-refractivity contribution in [2.45, 2.75) is 6.42 Å². The molecule has 7 heteroatoms. The van der Waals surface area contributed by atoms with Crippen LogP contribution in [0.15, 0.2) is 77.3 Å². The molecule has 0 fully saturated rings. The Morgan fingerprint density at radius 2 is 1.68 bits per heavy atom. The van der Waals surface area contributed by atoms with Crippen LogP contribution in [0.2, 0.25) is 0 Å². The van der Waals surface area contributed by atoms with Crippen molar-refractivity contribution in [2.24, 2.45) is 0 Å². The molecule has 0 unspecified atom stereocenters. The maximum atomic E-state index is 12.6. The van der Waals surface area contributed by atoms with Crippen molar-refractivity contribution >= 4 is 11.6 Å². The number of carbonyl (C=O) groups excluding carboxylic acids is 1. The van der Waals surface area contributed by atoms with Gasteiger partial charge in [-0.05, 0) is 35.9 Å². The summed E-state index contributed by atoms with van der Waals surface area (Å²) >= 11 is 0. The number of rotatable bonds is 7. The van der Waals surface area contributed by atoms with Crippen molar-refractivity contribution in [3.05, 3.63) is 89.8 Å². The lowest BCUT2D eigenvalue weighted by atomic mass is 10.1. The summed E-state index contributed by atoms with van der Waals surface area (Å²) < 4.78 is 15.8. The molecule has 1 aromatic heterocycles. The number of methoxy groups -OCH3 is 2. The molecule has 0 spiro atoms. The minimum atomic E-state index is -0.238. The first-order valence-electron chi connectivity index (χ1n) is 9.66. The molecule has 0 saturated heterocycles. The average Bonchev–Trinajstić information content (AvgIpc) is 3.29. The molecule has 0 saturated carbocycles. The van der Waals surface area contributed by atoms with E-state index in [-0.39, 0.29) is 5.91 Å². The summed E-state index contributed by atoms with van der Waals surface area (Å²) in [6.07, 6.45) is 0.504. The van der Waals surface area contributed by atoms with Gasteiger partial charge in [0.1, 0.15) is 0 Å². The SMILES string of the molecule is COc1ccc(C(=O)Nc2ccc(Cc3nc(-c4ccccc4)no3)cc2)cc1OC. The van der Waals surface area contributed by atoms with Crippen LogP contribution in [0.3, 0.4) is 0 Å². The molecule has 4 aromatic rings. The number of amides is 1. The van der Waals surface area contributed by atoms with E-state index in [4.69, 9.17) is 14.0 Å². The van der Waals surface area contributed by atoms with Crippen LogP contribution >= 0.6 is 0 Å². The number of hydrogen-bond acceptors (Lipinski definition) is 6. The number of nitrogens with one attached hydrogen (secondary N) is 1. The summed E-state index contributed by atoms with van der Waals surface area (Å²) in [7, 11) is 3.08. The quantitative estimate of drug-likeness (QED) is 0.475. The fraction of sp³-hybridized carbons (Fsp3) is 0.125. The minimum absolute atomic E-state index is 0.238. The van der Waals surface area contributed by atoms with Crippen LogP contribution in [0.1, 0.15) is 21.8 Å². The van der Waals surface area contributed by atoms with Crippen molar-refractivity contribution < 1.29 is 18.8 Å². The highest BCUT2D eigenvalue weighted by Crippen LogP contribution is 2.28. The Morgan fingerprint density at radius 1 is 0.935 bits per heavy atom. The fourth-order valence-electron chi connectivity index (χ4n) is 3.09. The normalized spacial score (nSPS) is 10.5. The van der Waals surface area contributed by atoms with Crippen LogP contribution in [0.25, 0.3) is 11.4 Å². The van der Waals surface area contributed by atoms with Crippen molar-refractivity contribution in [1.29, 1.82) is 0 Å². The first kappa shape index (κ1) is 20.2. The van der Waals surface area contributed by atoms with Crippen LogP contribution in [0.4, 0.5) is 5.69 Å². The molecule has 1 N–H and O–H groups in total. The second kappa shape index (κ2) is 9.13. The number of benzene rings is 3. The second-order valence-electron chi connectivity index (χ2n) is 6.78. The molecule has 0 aliphatic rings. The smallest absolute Gasteiger partial charge is 0.255 e. The molecule has 4 rings (SSSR count). The van der Waals surface area contributed by atoms with E-state index in [0.717, 1.165) is 11.1 Å². The molecule has 1 heterocycles. The van der Waals surface area contributed by atoms with Gasteiger partial charge in [0.2, 0.25) is 11.7 Å². The van der Waals surface area contributed by atoms with Gasteiger partial charge in [-0.25, -0.2) is 0 Å². The van der Waals surface area contributed by atoms with Gasteiger partial charge in [-0.1, -0.05) is 47.6 Å². The van der Waals surface area contributed by atoms with E-state index in [0.29, 0.717) is 40.9 Å². The van der Waals surface area contributed by atoms with E-state index in [1.54, 1.807) is 25.3 Å². The van der Waals surface area contributed by atoms with Gasteiger partial charge >= 0.3 is 0 Å². The molecule has 31 heavy (non-hydrogen) atoms. The van der Waals surface area contributed by atoms with E-state index in [9.17, 15) is 4.79 Å². The molecule has 1 amide bonds. The Kier molecular flexibility index (Phi) is 5.93. The largest absolute Gasteiger partial charge is 0.493 e. The summed E-state index contributed by atoms with van der Waals surface area (Å²) in [6.45, 7) is 0. The van der Waals surface area contributed by atoms with Gasteiger partial charge in [0.25, 0.3) is 5.91 Å². The first-order valence-corrected chi connectivity index (χ1v) is 9.66. The third-order valence-corrected chi connectivity index (χ3v) is 4.71. The van der Waals surface area contributed by atoms with Crippen LogP contribution in [-0.4, -0.2) is 30.3 Å². The zero-order chi connectivity index (χ0) is 21.6. The Labute approximate surface area is 179 Å². The first-order chi connectivity index (χ1) is 15.2. The molecule has 7 nitrogen and oxygen atoms in total. The molecule has 3 aromatic carbocycles. The number of carbonyl (C=O) groups is 1. The standard InChI is InChI=1S/C24H21N3O4/c1-29-20-13-10-18(15-21(20)30-2)24(28)25-19-11-8-16(9-12-19)14-22-26-23(27-31-22)17-6-4-3-5-7-17/h3-13,15H,14H2,1-2H3,(H,25,28). The predicted molar refractivity (Wildman–Crippen MR) is 116 cm³/mol. The van der Waals surface area contributed by atoms with Gasteiger partial charge < -0.3 is 19.3 Å². The second-order valence-corrected chi connectivity index (χ2v) is 6.78. The van der Waals surface area contributed by atoms with Gasteiger partial charge in [-0.3, -0.25) is 4.79 Å². The van der Waals surface area contributed by atoms with E-state index in [1.807, 2.05) is 54.6 Å². The fourth-order valence-corrected chi connectivity index (χ4v) is 3.09. The van der Waals surface area contributed by atoms with Gasteiger partial charge in [0, 0.05) is 16.8 Å². The molecule has 0 atom stereocenters. The lowest BCUT2D eigenvalue weighted by Gasteiger charge is -2.10. The molecule has 156 valence electrons. The zero-order valence-electron chi connectivity index (χ0n) is 17.2. The average molecular weight is 415 g/mol. The summed E-state index contributed by atoms with van der Waals surface area (Å²) in [5.41, 5.74) is 3.05. The van der Waals surface area contributed by atoms with E-state index in [1.165, 1.54) is 7.11 Å². The zero-order valence-corrected chi connectivity index (χ0v) is 17.2. The van der Waals surface area contributed by atoms with Crippen LogP contribution < -0.4 is 14.8 Å². The number of anilines is 1. The van der Waals surface area contributed by atoms with E-state index < -0.39 is 0 Å². The highest BCUT2D eigenvalue weighted by atomic mass is 16.5. The third-order valence-electron chi connectivity index (χ3n) is 4.71. The highest BCUT2D eigenvalue weighted by molar-refractivity contribution is 6.04. The number of hydrogen-bond donors (Lipinski definition) is 1. The maximum Gasteiger partial charge on any atom is 0.255 e. The minimum Gasteiger partial charge on any atom is -0.493 e. The lowest BCUT2D eigenvalue weighted by molar-refractivity contribution is 0.102. The maximum absolute atomic E-state index is 12.6. The van der Waals surface area contributed by atoms with E-state index in [2.05, 4.69) is 15.5 Å². The molecule has 0 radical (unpaired) electrons. The molecule has 0 bridgehead atoms. The van der Waals surface area contributed by atoms with Crippen molar-refractivity contribution in [2.75, 3.05) is 19.5 Å². The number of aromatic nitrogens is 2. The highest BCUT2D eigenvalue weighted by Gasteiger charge is 2.12. The number of ether oxygens (including phenoxy) is 2. The molecular weight excluding hydrogens is 394 g/mol. The lowest BCUT2D eigenvalue weighted by Crippen LogP contribution is -2.12. The monoisotopic (exact) mass is 415 g/mol. The Bertz CT molecular complexity index is 1170. The molecular formula is C24H21N3O4. The van der Waals surface area contributed by atoms with Crippen molar-refractivity contribution in [3.63, 3.8) is 0 Å². The van der Waals surface area contributed by atoms with Crippen molar-refractivity contribution in [1.82, 2.24) is 10.1 Å². The molecule has 0 aliphatic heterocycles. The topological polar surface area (TPSA) is 86.5 Å². The van der Waals surface area contributed by atoms with Gasteiger partial charge in [0.05, 0.1) is 20.6 Å². The van der Waals surface area contributed by atoms with Crippen LogP contribution in [0, 0.1) is 0 Å². The van der Waals surface area contributed by atoms with Crippen LogP contribution in [0.5, 0.6) is 11.5 Å². The predicted octanol–water partition coefficient (Wildman–Crippen LogP) is 4.60. The van der Waals surface area contributed by atoms with Gasteiger partial charge in [-0.2, -0.15) is 4.98 Å². The Morgan fingerprint density at radius 3 is 2.39 bits per heavy atom. The Hall–Kier alpha value is -4.13. The Balaban J connectivity index is 1.41. The summed E-state index contributed by atoms with van der Waals surface area (Å²) in [6, 6.07) is 22.2. The third kappa shape index (κ3) is 4.72. The molecule has 0 aliphatic carbocycles. The van der Waals surface area contributed by atoms with Crippen molar-refractivity contribution in [3.8, 4) is 22.9 Å².